The van der Waals surface area contributed by atoms with E-state index < -0.39 is 0 Å². The van der Waals surface area contributed by atoms with Gasteiger partial charge in [0, 0.05) is 25.9 Å². The zero-order valence-corrected chi connectivity index (χ0v) is 15.1. The van der Waals surface area contributed by atoms with Crippen molar-refractivity contribution in [2.24, 2.45) is 0 Å². The maximum atomic E-state index is 12.0. The fraction of sp³-hybridized carbons (Fsp3) is 0.579. The minimum absolute atomic E-state index is 0.0532. The van der Waals surface area contributed by atoms with Gasteiger partial charge in [0.1, 0.15) is 18.1 Å². The van der Waals surface area contributed by atoms with Gasteiger partial charge in [-0.05, 0) is 37.1 Å². The fourth-order valence-corrected chi connectivity index (χ4v) is 3.15. The Morgan fingerprint density at radius 3 is 2.40 bits per heavy atom. The van der Waals surface area contributed by atoms with Gasteiger partial charge in [-0.15, -0.1) is 0 Å². The van der Waals surface area contributed by atoms with Gasteiger partial charge in [0.2, 0.25) is 11.8 Å². The van der Waals surface area contributed by atoms with E-state index in [1.54, 1.807) is 14.0 Å². The van der Waals surface area contributed by atoms with Crippen LogP contribution >= 0.6 is 0 Å². The van der Waals surface area contributed by atoms with E-state index in [9.17, 15) is 9.59 Å². The zero-order chi connectivity index (χ0) is 18.1. The molecular formula is C19H28N2O4. The summed E-state index contributed by atoms with van der Waals surface area (Å²) in [6.45, 7) is 2.91. The highest BCUT2D eigenvalue weighted by Gasteiger charge is 2.24. The number of benzene rings is 1. The quantitative estimate of drug-likeness (QED) is 0.696. The monoisotopic (exact) mass is 348 g/mol. The van der Waals surface area contributed by atoms with Gasteiger partial charge in [-0.2, -0.15) is 0 Å². The molecule has 0 aliphatic heterocycles. The smallest absolute Gasteiger partial charge is 0.221 e. The lowest BCUT2D eigenvalue weighted by Crippen LogP contribution is -2.40. The van der Waals surface area contributed by atoms with Gasteiger partial charge in [-0.25, -0.2) is 0 Å². The molecule has 2 amide bonds. The van der Waals surface area contributed by atoms with Crippen molar-refractivity contribution in [3.63, 3.8) is 0 Å². The van der Waals surface area contributed by atoms with Crippen molar-refractivity contribution in [3.8, 4) is 11.5 Å². The zero-order valence-electron chi connectivity index (χ0n) is 15.1. The Hall–Kier alpha value is -2.24. The van der Waals surface area contributed by atoms with E-state index in [0.29, 0.717) is 32.2 Å². The Morgan fingerprint density at radius 2 is 1.80 bits per heavy atom. The number of hydrogen-bond donors (Lipinski definition) is 1. The van der Waals surface area contributed by atoms with Crippen LogP contribution in [0.5, 0.6) is 11.5 Å². The molecule has 1 aliphatic rings. The standard InChI is InChI=1S/C19H28N2O4/c1-15(22)21(16-5-3-4-6-16)13-11-19(23)20-12-14-25-18-9-7-17(24-2)8-10-18/h7-10,16H,3-6,11-14H2,1-2H3,(H,20,23). The maximum absolute atomic E-state index is 12.0. The summed E-state index contributed by atoms with van der Waals surface area (Å²) >= 11 is 0. The summed E-state index contributed by atoms with van der Waals surface area (Å²) in [5, 5.41) is 2.83. The average Bonchev–Trinajstić information content (AvgIpc) is 3.13. The normalized spacial score (nSPS) is 14.2. The molecular weight excluding hydrogens is 320 g/mol. The van der Waals surface area contributed by atoms with Crippen LogP contribution in [-0.2, 0) is 9.59 Å². The fourth-order valence-electron chi connectivity index (χ4n) is 3.15. The predicted molar refractivity (Wildman–Crippen MR) is 95.8 cm³/mol. The van der Waals surface area contributed by atoms with Crippen LogP contribution in [0.2, 0.25) is 0 Å². The third kappa shape index (κ3) is 6.29. The number of carbonyl (C=O) groups excluding carboxylic acids is 2. The molecule has 0 saturated heterocycles. The van der Waals surface area contributed by atoms with Gasteiger partial charge < -0.3 is 19.7 Å². The predicted octanol–water partition coefficient (Wildman–Crippen LogP) is 2.37. The summed E-state index contributed by atoms with van der Waals surface area (Å²) in [6.07, 6.45) is 4.78. The molecule has 2 rings (SSSR count). The summed E-state index contributed by atoms with van der Waals surface area (Å²) in [5.41, 5.74) is 0. The number of amides is 2. The molecule has 0 aromatic heterocycles. The highest BCUT2D eigenvalue weighted by molar-refractivity contribution is 5.78. The number of ether oxygens (including phenoxy) is 2. The highest BCUT2D eigenvalue weighted by atomic mass is 16.5. The van der Waals surface area contributed by atoms with Crippen molar-refractivity contribution in [3.05, 3.63) is 24.3 Å². The first-order valence-electron chi connectivity index (χ1n) is 8.91. The molecule has 6 nitrogen and oxygen atoms in total. The van der Waals surface area contributed by atoms with Gasteiger partial charge in [0.15, 0.2) is 0 Å². The van der Waals surface area contributed by atoms with Crippen molar-refractivity contribution in [1.29, 1.82) is 0 Å². The highest BCUT2D eigenvalue weighted by Crippen LogP contribution is 2.23. The van der Waals surface area contributed by atoms with Crippen molar-refractivity contribution in [1.82, 2.24) is 10.2 Å². The molecule has 1 aromatic carbocycles. The first-order valence-corrected chi connectivity index (χ1v) is 8.91. The SMILES string of the molecule is COc1ccc(OCCNC(=O)CCN(C(C)=O)C2CCCC2)cc1. The van der Waals surface area contributed by atoms with Crippen LogP contribution in [0.1, 0.15) is 39.0 Å². The molecule has 0 radical (unpaired) electrons. The molecule has 0 bridgehead atoms. The lowest BCUT2D eigenvalue weighted by Gasteiger charge is -2.27. The van der Waals surface area contributed by atoms with Crippen LogP contribution in [0.15, 0.2) is 24.3 Å². The van der Waals surface area contributed by atoms with Crippen LogP contribution < -0.4 is 14.8 Å². The Kier molecular flexibility index (Phi) is 7.57. The van der Waals surface area contributed by atoms with E-state index in [4.69, 9.17) is 9.47 Å². The van der Waals surface area contributed by atoms with Crippen LogP contribution in [0.3, 0.4) is 0 Å². The summed E-state index contributed by atoms with van der Waals surface area (Å²) in [6, 6.07) is 7.62. The number of hydrogen-bond acceptors (Lipinski definition) is 4. The van der Waals surface area contributed by atoms with Crippen molar-refractivity contribution < 1.29 is 19.1 Å². The minimum atomic E-state index is -0.0532. The lowest BCUT2D eigenvalue weighted by atomic mass is 10.2. The number of nitrogens with one attached hydrogen (secondary N) is 1. The first-order chi connectivity index (χ1) is 12.1. The largest absolute Gasteiger partial charge is 0.497 e. The minimum Gasteiger partial charge on any atom is -0.497 e. The van der Waals surface area contributed by atoms with Crippen LogP contribution in [-0.4, -0.2) is 49.6 Å². The first kappa shape index (κ1) is 19.1. The van der Waals surface area contributed by atoms with Crippen LogP contribution in [0.4, 0.5) is 0 Å². The molecule has 1 aromatic rings. The van der Waals surface area contributed by atoms with Crippen molar-refractivity contribution in [2.45, 2.75) is 45.1 Å². The molecule has 0 heterocycles. The maximum Gasteiger partial charge on any atom is 0.221 e. The van der Waals surface area contributed by atoms with Gasteiger partial charge >= 0.3 is 0 Å². The third-order valence-corrected chi connectivity index (χ3v) is 4.50. The molecule has 25 heavy (non-hydrogen) atoms. The van der Waals surface area contributed by atoms with E-state index >= 15 is 0 Å². The second-order valence-electron chi connectivity index (χ2n) is 6.27. The number of carbonyl (C=O) groups is 2. The topological polar surface area (TPSA) is 67.9 Å². The molecule has 138 valence electrons. The number of rotatable bonds is 9. The van der Waals surface area contributed by atoms with E-state index in [2.05, 4.69) is 5.32 Å². The van der Waals surface area contributed by atoms with Crippen LogP contribution in [0.25, 0.3) is 0 Å². The van der Waals surface area contributed by atoms with Crippen LogP contribution in [0, 0.1) is 0 Å². The third-order valence-electron chi connectivity index (χ3n) is 4.50. The molecule has 6 heteroatoms. The Labute approximate surface area is 149 Å². The summed E-state index contributed by atoms with van der Waals surface area (Å²) < 4.78 is 10.7. The van der Waals surface area contributed by atoms with Crippen molar-refractivity contribution in [2.75, 3.05) is 26.8 Å². The second-order valence-corrected chi connectivity index (χ2v) is 6.27. The molecule has 1 fully saturated rings. The second kappa shape index (κ2) is 9.91. The average molecular weight is 348 g/mol. The van der Waals surface area contributed by atoms with Gasteiger partial charge in [0.25, 0.3) is 0 Å². The summed E-state index contributed by atoms with van der Waals surface area (Å²) in [7, 11) is 1.62. The summed E-state index contributed by atoms with van der Waals surface area (Å²) in [5.74, 6) is 1.52. The molecule has 1 aliphatic carbocycles. The van der Waals surface area contributed by atoms with E-state index in [-0.39, 0.29) is 11.8 Å². The van der Waals surface area contributed by atoms with Gasteiger partial charge in [0.05, 0.1) is 13.7 Å². The Morgan fingerprint density at radius 1 is 1.16 bits per heavy atom. The van der Waals surface area contributed by atoms with E-state index in [1.807, 2.05) is 29.2 Å². The molecule has 1 N–H and O–H groups in total. The summed E-state index contributed by atoms with van der Waals surface area (Å²) in [4.78, 5) is 25.6. The molecule has 0 atom stereocenters. The lowest BCUT2D eigenvalue weighted by molar-refractivity contribution is -0.131. The molecule has 0 spiro atoms. The van der Waals surface area contributed by atoms with E-state index in [0.717, 1.165) is 24.3 Å². The van der Waals surface area contributed by atoms with Crippen molar-refractivity contribution >= 4 is 11.8 Å². The Bertz CT molecular complexity index is 553. The Balaban J connectivity index is 1.63. The molecule has 0 unspecified atom stereocenters. The molecule has 1 saturated carbocycles. The number of nitrogens with zero attached hydrogens (tertiary/aromatic N) is 1. The number of methoxy groups -OCH3 is 1. The van der Waals surface area contributed by atoms with E-state index in [1.165, 1.54) is 12.8 Å². The van der Waals surface area contributed by atoms with Gasteiger partial charge in [-0.3, -0.25) is 9.59 Å². The van der Waals surface area contributed by atoms with Gasteiger partial charge in [-0.1, -0.05) is 12.8 Å².